The van der Waals surface area contributed by atoms with Gasteiger partial charge in [-0.15, -0.1) is 0 Å². The third-order valence-electron chi connectivity index (χ3n) is 4.28. The first-order valence-electron chi connectivity index (χ1n) is 6.99. The lowest BCUT2D eigenvalue weighted by atomic mass is 9.82. The van der Waals surface area contributed by atoms with E-state index in [-0.39, 0.29) is 0 Å². The molecule has 1 heterocycles. The van der Waals surface area contributed by atoms with Gasteiger partial charge >= 0.3 is 0 Å². The molecule has 0 spiro atoms. The van der Waals surface area contributed by atoms with Crippen LogP contribution in [0.25, 0.3) is 0 Å². The second-order valence-electron chi connectivity index (χ2n) is 6.08. The van der Waals surface area contributed by atoms with Gasteiger partial charge in [0.05, 0.1) is 0 Å². The lowest BCUT2D eigenvalue weighted by molar-refractivity contribution is 0.227. The minimum Gasteiger partial charge on any atom is -0.327 e. The molecule has 0 saturated carbocycles. The summed E-state index contributed by atoms with van der Waals surface area (Å²) < 4.78 is 0. The highest BCUT2D eigenvalue weighted by molar-refractivity contribution is 4.89. The molecule has 0 radical (unpaired) electrons. The normalized spacial score (nSPS) is 22.9. The molecule has 1 aliphatic rings. The van der Waals surface area contributed by atoms with Crippen LogP contribution in [0.1, 0.15) is 53.4 Å². The van der Waals surface area contributed by atoms with Gasteiger partial charge in [-0.1, -0.05) is 27.7 Å². The van der Waals surface area contributed by atoms with Crippen LogP contribution < -0.4 is 5.73 Å². The molecule has 2 nitrogen and oxygen atoms in total. The number of likely N-dealkylation sites (tertiary alicyclic amines) is 1. The van der Waals surface area contributed by atoms with Crippen LogP contribution >= 0.6 is 0 Å². The van der Waals surface area contributed by atoms with Crippen molar-refractivity contribution >= 4 is 0 Å². The molecule has 1 aliphatic heterocycles. The highest BCUT2D eigenvalue weighted by atomic mass is 15.2. The van der Waals surface area contributed by atoms with Gasteiger partial charge in [-0.3, -0.25) is 0 Å². The van der Waals surface area contributed by atoms with Gasteiger partial charge in [-0.2, -0.15) is 0 Å². The van der Waals surface area contributed by atoms with E-state index >= 15 is 0 Å². The van der Waals surface area contributed by atoms with Crippen LogP contribution in [0.15, 0.2) is 0 Å². The maximum Gasteiger partial charge on any atom is 0.0170 e. The van der Waals surface area contributed by atoms with Gasteiger partial charge in [0.1, 0.15) is 0 Å². The van der Waals surface area contributed by atoms with Crippen LogP contribution in [-0.4, -0.2) is 30.6 Å². The minimum atomic E-state index is 0.365. The van der Waals surface area contributed by atoms with Gasteiger partial charge < -0.3 is 10.6 Å². The van der Waals surface area contributed by atoms with Crippen molar-refractivity contribution in [2.45, 2.75) is 59.4 Å². The smallest absolute Gasteiger partial charge is 0.0170 e. The van der Waals surface area contributed by atoms with Gasteiger partial charge in [0.15, 0.2) is 0 Å². The molecule has 16 heavy (non-hydrogen) atoms. The Hall–Kier alpha value is -0.0800. The zero-order chi connectivity index (χ0) is 12.2. The molecule has 1 fully saturated rings. The first-order valence-corrected chi connectivity index (χ1v) is 6.99. The van der Waals surface area contributed by atoms with Crippen molar-refractivity contribution < 1.29 is 0 Å². The molecule has 2 heteroatoms. The van der Waals surface area contributed by atoms with Crippen LogP contribution in [0, 0.1) is 11.3 Å². The fourth-order valence-corrected chi connectivity index (χ4v) is 3.02. The maximum absolute atomic E-state index is 6.18. The van der Waals surface area contributed by atoms with Crippen molar-refractivity contribution in [3.05, 3.63) is 0 Å². The van der Waals surface area contributed by atoms with Crippen LogP contribution in [0.5, 0.6) is 0 Å². The van der Waals surface area contributed by atoms with Gasteiger partial charge in [0.25, 0.3) is 0 Å². The van der Waals surface area contributed by atoms with Gasteiger partial charge in [-0.25, -0.2) is 0 Å². The predicted molar refractivity (Wildman–Crippen MR) is 71.5 cm³/mol. The van der Waals surface area contributed by atoms with Gasteiger partial charge in [0, 0.05) is 19.1 Å². The van der Waals surface area contributed by atoms with E-state index in [1.165, 1.54) is 32.4 Å². The van der Waals surface area contributed by atoms with E-state index in [0.29, 0.717) is 11.5 Å². The van der Waals surface area contributed by atoms with Crippen molar-refractivity contribution in [3.63, 3.8) is 0 Å². The molecular formula is C14H30N2. The molecule has 1 unspecified atom stereocenters. The molecule has 1 rings (SSSR count). The summed E-state index contributed by atoms with van der Waals surface area (Å²) in [5.41, 5.74) is 6.78. The van der Waals surface area contributed by atoms with Crippen LogP contribution in [0.2, 0.25) is 0 Å². The van der Waals surface area contributed by atoms with Crippen LogP contribution in [0.4, 0.5) is 0 Å². The monoisotopic (exact) mass is 226 g/mol. The molecule has 0 aromatic heterocycles. The minimum absolute atomic E-state index is 0.365. The first-order chi connectivity index (χ1) is 7.51. The Morgan fingerprint density at radius 3 is 2.31 bits per heavy atom. The summed E-state index contributed by atoms with van der Waals surface area (Å²) in [7, 11) is 0. The van der Waals surface area contributed by atoms with E-state index in [1.54, 1.807) is 0 Å². The van der Waals surface area contributed by atoms with Crippen molar-refractivity contribution in [1.82, 2.24) is 4.90 Å². The lowest BCUT2D eigenvalue weighted by Crippen LogP contribution is -2.38. The number of nitrogens with two attached hydrogens (primary N) is 1. The Morgan fingerprint density at radius 1 is 1.25 bits per heavy atom. The zero-order valence-electron chi connectivity index (χ0n) is 11.6. The van der Waals surface area contributed by atoms with Gasteiger partial charge in [0.2, 0.25) is 0 Å². The number of nitrogens with zero attached hydrogens (tertiary/aromatic N) is 1. The molecule has 96 valence electrons. The largest absolute Gasteiger partial charge is 0.327 e. The third kappa shape index (κ3) is 3.74. The summed E-state index contributed by atoms with van der Waals surface area (Å²) >= 11 is 0. The summed E-state index contributed by atoms with van der Waals surface area (Å²) in [6.45, 7) is 12.8. The molecule has 0 bridgehead atoms. The Balaban J connectivity index is 2.36. The summed E-state index contributed by atoms with van der Waals surface area (Å²) in [6, 6.07) is 0.365. The van der Waals surface area contributed by atoms with Crippen molar-refractivity contribution in [1.29, 1.82) is 0 Å². The van der Waals surface area contributed by atoms with E-state index in [4.69, 9.17) is 5.73 Å². The van der Waals surface area contributed by atoms with E-state index in [1.807, 2.05) is 0 Å². The third-order valence-corrected chi connectivity index (χ3v) is 4.28. The van der Waals surface area contributed by atoms with E-state index in [0.717, 1.165) is 18.9 Å². The van der Waals surface area contributed by atoms with E-state index in [9.17, 15) is 0 Å². The second-order valence-corrected chi connectivity index (χ2v) is 6.08. The molecular weight excluding hydrogens is 196 g/mol. The molecule has 0 amide bonds. The summed E-state index contributed by atoms with van der Waals surface area (Å²) in [4.78, 5) is 2.58. The first kappa shape index (κ1) is 14.0. The Bertz CT molecular complexity index is 197. The average molecular weight is 226 g/mol. The molecule has 0 aromatic carbocycles. The highest BCUT2D eigenvalue weighted by Gasteiger charge is 2.35. The highest BCUT2D eigenvalue weighted by Crippen LogP contribution is 2.36. The van der Waals surface area contributed by atoms with Crippen molar-refractivity contribution in [2.75, 3.05) is 19.6 Å². The summed E-state index contributed by atoms with van der Waals surface area (Å²) in [6.07, 6.45) is 5.16. The molecule has 2 N–H and O–H groups in total. The SMILES string of the molecule is CCC1(CC)CCN(CC(N)CC(C)C)C1. The Kier molecular flexibility index (Phi) is 5.26. The molecule has 1 atom stereocenters. The zero-order valence-corrected chi connectivity index (χ0v) is 11.6. The summed E-state index contributed by atoms with van der Waals surface area (Å²) in [5, 5.41) is 0. The fraction of sp³-hybridized carbons (Fsp3) is 1.00. The quantitative estimate of drug-likeness (QED) is 0.754. The number of rotatable bonds is 6. The molecule has 0 aromatic rings. The van der Waals surface area contributed by atoms with Crippen LogP contribution in [-0.2, 0) is 0 Å². The van der Waals surface area contributed by atoms with Gasteiger partial charge in [-0.05, 0) is 43.6 Å². The standard InChI is InChI=1S/C14H30N2/c1-5-14(6-2)7-8-16(11-14)10-13(15)9-12(3)4/h12-13H,5-11,15H2,1-4H3. The second kappa shape index (κ2) is 6.02. The fourth-order valence-electron chi connectivity index (χ4n) is 3.02. The van der Waals surface area contributed by atoms with Crippen LogP contribution in [0.3, 0.4) is 0 Å². The Labute approximate surface area is 102 Å². The average Bonchev–Trinajstić information content (AvgIpc) is 2.61. The predicted octanol–water partition coefficient (Wildman–Crippen LogP) is 2.87. The topological polar surface area (TPSA) is 29.3 Å². The van der Waals surface area contributed by atoms with Crippen molar-refractivity contribution in [3.8, 4) is 0 Å². The van der Waals surface area contributed by atoms with Crippen molar-refractivity contribution in [2.24, 2.45) is 17.1 Å². The van der Waals surface area contributed by atoms with E-state index in [2.05, 4.69) is 32.6 Å². The number of hydrogen-bond donors (Lipinski definition) is 1. The Morgan fingerprint density at radius 2 is 1.88 bits per heavy atom. The summed E-state index contributed by atoms with van der Waals surface area (Å²) in [5.74, 6) is 0.722. The number of hydrogen-bond acceptors (Lipinski definition) is 2. The maximum atomic E-state index is 6.18. The molecule has 1 saturated heterocycles. The lowest BCUT2D eigenvalue weighted by Gasteiger charge is -2.28. The van der Waals surface area contributed by atoms with E-state index < -0.39 is 0 Å². The molecule has 0 aliphatic carbocycles.